The summed E-state index contributed by atoms with van der Waals surface area (Å²) in [5.74, 6) is -1.51. The van der Waals surface area contributed by atoms with Crippen LogP contribution in [0.25, 0.3) is 0 Å². The van der Waals surface area contributed by atoms with E-state index in [1.54, 1.807) is 49.4 Å². The Hall–Kier alpha value is -3.46. The van der Waals surface area contributed by atoms with Crippen molar-refractivity contribution in [3.05, 3.63) is 83.4 Å². The standard InChI is InChI=1S/C22H21FN2O5S/c1-14(24-22(27)19-10-11-21(30-19)31(2,28)29)15-7-5-8-17(12-15)25-20(26)13-16-6-3-4-9-18(16)23/h3-12,14H,13H2,1-2H3,(H,24,27)(H,25,26). The molecule has 0 aliphatic carbocycles. The fourth-order valence-electron chi connectivity index (χ4n) is 2.90. The number of anilines is 1. The van der Waals surface area contributed by atoms with Crippen molar-refractivity contribution in [2.45, 2.75) is 24.5 Å². The minimum Gasteiger partial charge on any atom is -0.440 e. The van der Waals surface area contributed by atoms with Gasteiger partial charge in [0.15, 0.2) is 5.76 Å². The summed E-state index contributed by atoms with van der Waals surface area (Å²) in [6, 6.07) is 15.0. The molecular weight excluding hydrogens is 423 g/mol. The fraction of sp³-hybridized carbons (Fsp3) is 0.182. The molecule has 1 heterocycles. The molecule has 3 rings (SSSR count). The van der Waals surface area contributed by atoms with Crippen LogP contribution in [0.1, 0.15) is 34.6 Å². The molecule has 7 nitrogen and oxygen atoms in total. The lowest BCUT2D eigenvalue weighted by molar-refractivity contribution is -0.115. The van der Waals surface area contributed by atoms with Crippen LogP contribution in [0.5, 0.6) is 0 Å². The molecule has 0 saturated carbocycles. The highest BCUT2D eigenvalue weighted by atomic mass is 32.2. The van der Waals surface area contributed by atoms with E-state index in [4.69, 9.17) is 4.42 Å². The number of benzene rings is 2. The van der Waals surface area contributed by atoms with E-state index >= 15 is 0 Å². The number of hydrogen-bond donors (Lipinski definition) is 2. The van der Waals surface area contributed by atoms with Gasteiger partial charge in [0.25, 0.3) is 5.91 Å². The first-order valence-electron chi connectivity index (χ1n) is 9.37. The van der Waals surface area contributed by atoms with Gasteiger partial charge in [-0.3, -0.25) is 9.59 Å². The first kappa shape index (κ1) is 22.2. The summed E-state index contributed by atoms with van der Waals surface area (Å²) < 4.78 is 41.8. The highest BCUT2D eigenvalue weighted by Gasteiger charge is 2.19. The van der Waals surface area contributed by atoms with Crippen molar-refractivity contribution in [3.63, 3.8) is 0 Å². The maximum atomic E-state index is 13.7. The molecule has 1 atom stereocenters. The van der Waals surface area contributed by atoms with Crippen LogP contribution in [0.15, 0.2) is 70.2 Å². The van der Waals surface area contributed by atoms with E-state index in [2.05, 4.69) is 10.6 Å². The average Bonchev–Trinajstić information content (AvgIpc) is 3.21. The van der Waals surface area contributed by atoms with Crippen LogP contribution in [0.3, 0.4) is 0 Å². The lowest BCUT2D eigenvalue weighted by atomic mass is 10.1. The number of halogens is 1. The molecule has 31 heavy (non-hydrogen) atoms. The summed E-state index contributed by atoms with van der Waals surface area (Å²) in [5, 5.41) is 5.14. The third kappa shape index (κ3) is 5.79. The average molecular weight is 444 g/mol. The first-order chi connectivity index (χ1) is 14.6. The van der Waals surface area contributed by atoms with Gasteiger partial charge in [0, 0.05) is 11.9 Å². The normalized spacial score (nSPS) is 12.2. The van der Waals surface area contributed by atoms with Gasteiger partial charge in [-0.05, 0) is 48.4 Å². The highest BCUT2D eigenvalue weighted by molar-refractivity contribution is 7.90. The van der Waals surface area contributed by atoms with Gasteiger partial charge in [-0.2, -0.15) is 0 Å². The van der Waals surface area contributed by atoms with Crippen molar-refractivity contribution in [1.29, 1.82) is 0 Å². The molecule has 0 bridgehead atoms. The van der Waals surface area contributed by atoms with E-state index < -0.39 is 27.6 Å². The molecule has 2 amide bonds. The number of hydrogen-bond acceptors (Lipinski definition) is 5. The lowest BCUT2D eigenvalue weighted by Crippen LogP contribution is -2.26. The van der Waals surface area contributed by atoms with Gasteiger partial charge in [0.2, 0.25) is 20.8 Å². The molecule has 162 valence electrons. The third-order valence-corrected chi connectivity index (χ3v) is 5.45. The van der Waals surface area contributed by atoms with Crippen LogP contribution in [-0.2, 0) is 21.1 Å². The van der Waals surface area contributed by atoms with Crippen molar-refractivity contribution >= 4 is 27.3 Å². The number of carbonyl (C=O) groups is 2. The van der Waals surface area contributed by atoms with Gasteiger partial charge >= 0.3 is 0 Å². The Labute approximate surface area is 179 Å². The molecule has 0 spiro atoms. The predicted molar refractivity (Wildman–Crippen MR) is 113 cm³/mol. The summed E-state index contributed by atoms with van der Waals surface area (Å²) in [6.07, 6.45) is 0.881. The zero-order chi connectivity index (χ0) is 22.6. The Bertz CT molecular complexity index is 1220. The lowest BCUT2D eigenvalue weighted by Gasteiger charge is -2.15. The maximum Gasteiger partial charge on any atom is 0.287 e. The van der Waals surface area contributed by atoms with Crippen LogP contribution < -0.4 is 10.6 Å². The number of nitrogens with one attached hydrogen (secondary N) is 2. The first-order valence-corrected chi connectivity index (χ1v) is 11.3. The topological polar surface area (TPSA) is 105 Å². The van der Waals surface area contributed by atoms with Crippen LogP contribution in [-0.4, -0.2) is 26.5 Å². The monoisotopic (exact) mass is 444 g/mol. The quantitative estimate of drug-likeness (QED) is 0.580. The smallest absolute Gasteiger partial charge is 0.287 e. The second kappa shape index (κ2) is 9.13. The van der Waals surface area contributed by atoms with E-state index in [0.29, 0.717) is 16.8 Å². The van der Waals surface area contributed by atoms with Crippen molar-refractivity contribution in [2.75, 3.05) is 11.6 Å². The second-order valence-electron chi connectivity index (χ2n) is 7.03. The highest BCUT2D eigenvalue weighted by Crippen LogP contribution is 2.20. The minimum atomic E-state index is -3.55. The molecule has 1 aromatic heterocycles. The number of amides is 2. The van der Waals surface area contributed by atoms with Gasteiger partial charge in [-0.15, -0.1) is 0 Å². The Kier molecular flexibility index (Phi) is 6.55. The van der Waals surface area contributed by atoms with E-state index in [1.807, 2.05) is 0 Å². The van der Waals surface area contributed by atoms with Gasteiger partial charge < -0.3 is 15.1 Å². The van der Waals surface area contributed by atoms with Crippen molar-refractivity contribution in [1.82, 2.24) is 5.32 Å². The summed E-state index contributed by atoms with van der Waals surface area (Å²) in [7, 11) is -3.55. The number of furan rings is 1. The zero-order valence-electron chi connectivity index (χ0n) is 16.9. The van der Waals surface area contributed by atoms with Crippen LogP contribution in [0.2, 0.25) is 0 Å². The van der Waals surface area contributed by atoms with Crippen LogP contribution in [0, 0.1) is 5.82 Å². The summed E-state index contributed by atoms with van der Waals surface area (Å²) in [6.45, 7) is 1.73. The van der Waals surface area contributed by atoms with Gasteiger partial charge in [0.1, 0.15) is 5.82 Å². The SMILES string of the molecule is CC(NC(=O)c1ccc(S(C)(=O)=O)o1)c1cccc(NC(=O)Cc2ccccc2F)c1. The number of rotatable bonds is 7. The molecule has 2 N–H and O–H groups in total. The summed E-state index contributed by atoms with van der Waals surface area (Å²) in [4.78, 5) is 24.6. The number of carbonyl (C=O) groups excluding carboxylic acids is 2. The second-order valence-corrected chi connectivity index (χ2v) is 8.97. The van der Waals surface area contributed by atoms with E-state index in [9.17, 15) is 22.4 Å². The summed E-state index contributed by atoms with van der Waals surface area (Å²) in [5.41, 5.74) is 1.49. The predicted octanol–water partition coefficient (Wildman–Crippen LogP) is 3.49. The van der Waals surface area contributed by atoms with Crippen molar-refractivity contribution < 1.29 is 26.8 Å². The van der Waals surface area contributed by atoms with Crippen LogP contribution >= 0.6 is 0 Å². The molecule has 9 heteroatoms. The van der Waals surface area contributed by atoms with Crippen molar-refractivity contribution in [2.24, 2.45) is 0 Å². The largest absolute Gasteiger partial charge is 0.440 e. The van der Waals surface area contributed by atoms with Crippen molar-refractivity contribution in [3.8, 4) is 0 Å². The molecule has 0 radical (unpaired) electrons. The van der Waals surface area contributed by atoms with E-state index in [-0.39, 0.29) is 23.2 Å². The molecule has 0 saturated heterocycles. The summed E-state index contributed by atoms with van der Waals surface area (Å²) >= 11 is 0. The molecule has 0 fully saturated rings. The Morgan fingerprint density at radius 1 is 1.06 bits per heavy atom. The fourth-order valence-corrected chi connectivity index (χ4v) is 3.45. The third-order valence-electron chi connectivity index (χ3n) is 4.50. The maximum absolute atomic E-state index is 13.7. The number of sulfone groups is 1. The Balaban J connectivity index is 1.65. The zero-order valence-corrected chi connectivity index (χ0v) is 17.7. The molecule has 3 aromatic rings. The molecule has 2 aromatic carbocycles. The van der Waals surface area contributed by atoms with Gasteiger partial charge in [-0.25, -0.2) is 12.8 Å². The van der Waals surface area contributed by atoms with Gasteiger partial charge in [-0.1, -0.05) is 30.3 Å². The Morgan fingerprint density at radius 2 is 1.81 bits per heavy atom. The molecule has 1 unspecified atom stereocenters. The van der Waals surface area contributed by atoms with E-state index in [1.165, 1.54) is 18.2 Å². The molecule has 0 aliphatic heterocycles. The Morgan fingerprint density at radius 3 is 2.48 bits per heavy atom. The van der Waals surface area contributed by atoms with Crippen LogP contribution in [0.4, 0.5) is 10.1 Å². The molecule has 0 aliphatic rings. The van der Waals surface area contributed by atoms with Gasteiger partial charge in [0.05, 0.1) is 12.5 Å². The van der Waals surface area contributed by atoms with E-state index in [0.717, 1.165) is 6.26 Å². The minimum absolute atomic E-state index is 0.107. The molecular formula is C22H21FN2O5S.